The predicted octanol–water partition coefficient (Wildman–Crippen LogP) is 4.03. The number of nitrogens with zero attached hydrogens (tertiary/aromatic N) is 3. The zero-order valence-electron chi connectivity index (χ0n) is 17.6. The molecule has 6 nitrogen and oxygen atoms in total. The second kappa shape index (κ2) is 7.56. The van der Waals surface area contributed by atoms with Crippen molar-refractivity contribution in [1.82, 2.24) is 14.5 Å². The van der Waals surface area contributed by atoms with Gasteiger partial charge in [0.1, 0.15) is 0 Å². The van der Waals surface area contributed by atoms with Gasteiger partial charge in [-0.15, -0.1) is 0 Å². The van der Waals surface area contributed by atoms with Crippen molar-refractivity contribution in [1.29, 1.82) is 0 Å². The molecular weight excluding hydrogens is 388 g/mol. The Kier molecular flexibility index (Phi) is 4.71. The van der Waals surface area contributed by atoms with Crippen LogP contribution in [-0.2, 0) is 16.1 Å². The molecule has 1 N–H and O–H groups in total. The Labute approximate surface area is 180 Å². The number of aryl methyl sites for hydroxylation is 1. The Morgan fingerprint density at radius 2 is 1.71 bits per heavy atom. The topological polar surface area (TPSA) is 61.3 Å². The monoisotopic (exact) mass is 412 g/mol. The smallest absolute Gasteiger partial charge is 0.266 e. The molecule has 1 aliphatic rings. The number of H-pyrrole nitrogens is 1. The Hall–Kier alpha value is -3.64. The highest BCUT2D eigenvalue weighted by molar-refractivity contribution is 6.45. The summed E-state index contributed by atoms with van der Waals surface area (Å²) in [6, 6.07) is 15.7. The molecule has 156 valence electrons. The quantitative estimate of drug-likeness (QED) is 0.487. The van der Waals surface area contributed by atoms with Crippen molar-refractivity contribution in [3.63, 3.8) is 0 Å². The van der Waals surface area contributed by atoms with Crippen molar-refractivity contribution in [3.8, 4) is 0 Å². The molecule has 2 amide bonds. The first-order valence-corrected chi connectivity index (χ1v) is 10.4. The van der Waals surface area contributed by atoms with Crippen molar-refractivity contribution >= 4 is 44.9 Å². The van der Waals surface area contributed by atoms with E-state index in [1.54, 1.807) is 6.20 Å². The minimum absolute atomic E-state index is 0.286. The fraction of sp³-hybridized carbons (Fsp3) is 0.200. The molecule has 1 aliphatic heterocycles. The number of hydrogen-bond acceptors (Lipinski definition) is 3. The maximum Gasteiger partial charge on any atom is 0.266 e. The van der Waals surface area contributed by atoms with Crippen molar-refractivity contribution in [3.05, 3.63) is 72.6 Å². The summed E-state index contributed by atoms with van der Waals surface area (Å²) in [7, 11) is 4.11. The van der Waals surface area contributed by atoms with Crippen LogP contribution in [0.15, 0.2) is 67.0 Å². The van der Waals surface area contributed by atoms with E-state index in [1.807, 2.05) is 54.7 Å². The highest BCUT2D eigenvalue weighted by Gasteiger charge is 2.35. The lowest BCUT2D eigenvalue weighted by Crippen LogP contribution is -2.30. The van der Waals surface area contributed by atoms with E-state index in [-0.39, 0.29) is 11.8 Å². The van der Waals surface area contributed by atoms with E-state index in [0.717, 1.165) is 46.9 Å². The third kappa shape index (κ3) is 3.25. The van der Waals surface area contributed by atoms with E-state index in [1.165, 1.54) is 11.0 Å². The molecule has 31 heavy (non-hydrogen) atoms. The lowest BCUT2D eigenvalue weighted by Gasteiger charge is -2.14. The summed E-state index contributed by atoms with van der Waals surface area (Å²) in [4.78, 5) is 33.1. The Balaban J connectivity index is 1.52. The van der Waals surface area contributed by atoms with Crippen LogP contribution in [0.1, 0.15) is 12.0 Å². The van der Waals surface area contributed by atoms with Gasteiger partial charge in [-0.2, -0.15) is 0 Å². The Morgan fingerprint density at radius 3 is 2.52 bits per heavy atom. The first-order chi connectivity index (χ1) is 15.0. The molecule has 2 aromatic heterocycles. The van der Waals surface area contributed by atoms with Crippen LogP contribution in [0.25, 0.3) is 27.4 Å². The van der Waals surface area contributed by atoms with Gasteiger partial charge >= 0.3 is 0 Å². The molecule has 3 heterocycles. The van der Waals surface area contributed by atoms with Crippen LogP contribution in [0.2, 0.25) is 0 Å². The van der Waals surface area contributed by atoms with Gasteiger partial charge in [-0.1, -0.05) is 36.4 Å². The van der Waals surface area contributed by atoms with E-state index in [2.05, 4.69) is 28.5 Å². The molecule has 6 heteroatoms. The van der Waals surface area contributed by atoms with E-state index < -0.39 is 0 Å². The van der Waals surface area contributed by atoms with Crippen molar-refractivity contribution in [2.24, 2.45) is 0 Å². The van der Waals surface area contributed by atoms with E-state index in [9.17, 15) is 9.59 Å². The van der Waals surface area contributed by atoms with E-state index in [0.29, 0.717) is 11.3 Å². The van der Waals surface area contributed by atoms with Gasteiger partial charge in [0.25, 0.3) is 11.8 Å². The summed E-state index contributed by atoms with van der Waals surface area (Å²) < 4.78 is 2.14. The van der Waals surface area contributed by atoms with Gasteiger partial charge in [0, 0.05) is 46.9 Å². The normalized spacial score (nSPS) is 14.4. The predicted molar refractivity (Wildman–Crippen MR) is 124 cm³/mol. The Bertz CT molecular complexity index is 1340. The summed E-state index contributed by atoms with van der Waals surface area (Å²) in [5.41, 5.74) is 3.78. The summed E-state index contributed by atoms with van der Waals surface area (Å²) in [6.07, 6.45) is 6.17. The second-order valence-electron chi connectivity index (χ2n) is 8.17. The molecule has 0 saturated carbocycles. The number of nitrogens with one attached hydrogen (secondary N) is 1. The highest BCUT2D eigenvalue weighted by atomic mass is 16.2. The zero-order chi connectivity index (χ0) is 21.5. The number of amides is 2. The number of benzene rings is 2. The number of fused-ring (bicyclic) bond motifs is 2. The van der Waals surface area contributed by atoms with Crippen molar-refractivity contribution in [2.75, 3.05) is 25.5 Å². The number of imide groups is 1. The highest BCUT2D eigenvalue weighted by Crippen LogP contribution is 2.36. The first kappa shape index (κ1) is 19.3. The lowest BCUT2D eigenvalue weighted by molar-refractivity contribution is -0.119. The van der Waals surface area contributed by atoms with Crippen molar-refractivity contribution < 1.29 is 9.59 Å². The third-order valence-electron chi connectivity index (χ3n) is 5.81. The number of aromatic amines is 1. The van der Waals surface area contributed by atoms with E-state index in [4.69, 9.17) is 0 Å². The van der Waals surface area contributed by atoms with Crippen LogP contribution >= 0.6 is 0 Å². The molecule has 0 aliphatic carbocycles. The van der Waals surface area contributed by atoms with E-state index >= 15 is 0 Å². The van der Waals surface area contributed by atoms with Gasteiger partial charge in [0.15, 0.2) is 0 Å². The molecule has 0 radical (unpaired) electrons. The summed E-state index contributed by atoms with van der Waals surface area (Å²) in [5, 5.41) is 1.84. The fourth-order valence-electron chi connectivity index (χ4n) is 4.33. The van der Waals surface area contributed by atoms with Gasteiger partial charge in [-0.05, 0) is 39.2 Å². The molecule has 5 rings (SSSR count). The van der Waals surface area contributed by atoms with Gasteiger partial charge in [-0.3, -0.25) is 9.59 Å². The molecule has 0 bridgehead atoms. The minimum atomic E-state index is -0.304. The number of aromatic nitrogens is 2. The number of rotatable bonds is 6. The van der Waals surface area contributed by atoms with Crippen LogP contribution in [-0.4, -0.2) is 46.9 Å². The maximum absolute atomic E-state index is 13.4. The molecule has 0 atom stereocenters. The average Bonchev–Trinajstić information content (AvgIpc) is 3.42. The van der Waals surface area contributed by atoms with Gasteiger partial charge in [-0.25, -0.2) is 4.90 Å². The van der Waals surface area contributed by atoms with Crippen LogP contribution in [0.5, 0.6) is 0 Å². The molecule has 4 aromatic rings. The molecule has 0 spiro atoms. The standard InChI is InChI=1S/C25H24N4O2/c1-27(2)12-7-13-28-16-23(18-9-4-6-11-22(18)28)29-24(30)14-19(25(29)31)20-15-26-21-10-5-3-8-17(20)21/h3-6,8-11,14-16,26H,7,12-13H2,1-2H3. The van der Waals surface area contributed by atoms with Crippen molar-refractivity contribution in [2.45, 2.75) is 13.0 Å². The summed E-state index contributed by atoms with van der Waals surface area (Å²) in [6.45, 7) is 1.79. The number of carbonyl (C=O) groups is 2. The van der Waals surface area contributed by atoms with Gasteiger partial charge in [0.2, 0.25) is 0 Å². The number of hydrogen-bond donors (Lipinski definition) is 1. The summed E-state index contributed by atoms with van der Waals surface area (Å²) >= 11 is 0. The largest absolute Gasteiger partial charge is 0.361 e. The molecule has 0 fully saturated rings. The molecule has 0 unspecified atom stereocenters. The van der Waals surface area contributed by atoms with Crippen LogP contribution in [0.4, 0.5) is 5.69 Å². The number of anilines is 1. The fourth-order valence-corrected chi connectivity index (χ4v) is 4.33. The number of para-hydroxylation sites is 2. The summed E-state index contributed by atoms with van der Waals surface area (Å²) in [5.74, 6) is -0.590. The SMILES string of the molecule is CN(C)CCCn1cc(N2C(=O)C=C(c3c[nH]c4ccccc34)C2=O)c2ccccc21. The lowest BCUT2D eigenvalue weighted by atomic mass is 10.1. The second-order valence-corrected chi connectivity index (χ2v) is 8.17. The average molecular weight is 412 g/mol. The molecular formula is C25H24N4O2. The van der Waals surface area contributed by atoms with Gasteiger partial charge < -0.3 is 14.5 Å². The van der Waals surface area contributed by atoms with Gasteiger partial charge in [0.05, 0.1) is 16.8 Å². The maximum atomic E-state index is 13.4. The first-order valence-electron chi connectivity index (χ1n) is 10.4. The van der Waals surface area contributed by atoms with Crippen LogP contribution < -0.4 is 4.90 Å². The minimum Gasteiger partial charge on any atom is -0.361 e. The third-order valence-corrected chi connectivity index (χ3v) is 5.81. The number of carbonyl (C=O) groups excluding carboxylic acids is 2. The van der Waals surface area contributed by atoms with Crippen LogP contribution in [0.3, 0.4) is 0 Å². The van der Waals surface area contributed by atoms with Crippen LogP contribution in [0, 0.1) is 0 Å². The molecule has 2 aromatic carbocycles. The molecule has 0 saturated heterocycles. The Morgan fingerprint density at radius 1 is 0.968 bits per heavy atom. The zero-order valence-corrected chi connectivity index (χ0v) is 17.6.